The minimum absolute atomic E-state index is 0.0446. The van der Waals surface area contributed by atoms with Gasteiger partial charge in [-0.25, -0.2) is 9.37 Å². The quantitative estimate of drug-likeness (QED) is 0.648. The van der Waals surface area contributed by atoms with Crippen LogP contribution in [0.4, 0.5) is 15.9 Å². The van der Waals surface area contributed by atoms with Crippen molar-refractivity contribution in [1.82, 2.24) is 9.97 Å². The number of rotatable bonds is 6. The zero-order valence-corrected chi connectivity index (χ0v) is 11.2. The van der Waals surface area contributed by atoms with Gasteiger partial charge in [0, 0.05) is 6.54 Å². The Kier molecular flexibility index (Phi) is 4.60. The Morgan fingerprint density at radius 2 is 2.14 bits per heavy atom. The Hall–Kier alpha value is -2.77. The predicted octanol–water partition coefficient (Wildman–Crippen LogP) is 2.19. The summed E-state index contributed by atoms with van der Waals surface area (Å²) in [5, 5.41) is 13.8. The number of hydrogen-bond acceptors (Lipinski definition) is 6. The van der Waals surface area contributed by atoms with Crippen molar-refractivity contribution in [3.63, 3.8) is 0 Å². The second-order valence-corrected chi connectivity index (χ2v) is 4.11. The van der Waals surface area contributed by atoms with Gasteiger partial charge in [-0.15, -0.1) is 0 Å². The first-order chi connectivity index (χ1) is 10.1. The molecule has 0 aliphatic carbocycles. The van der Waals surface area contributed by atoms with Gasteiger partial charge in [0.25, 0.3) is 5.88 Å². The number of hydrogen-bond donors (Lipinski definition) is 1. The van der Waals surface area contributed by atoms with E-state index in [2.05, 4.69) is 15.3 Å². The summed E-state index contributed by atoms with van der Waals surface area (Å²) in [6.45, 7) is 0.294. The molecule has 0 aliphatic heterocycles. The van der Waals surface area contributed by atoms with Gasteiger partial charge in [0.15, 0.2) is 0 Å². The van der Waals surface area contributed by atoms with E-state index in [0.29, 0.717) is 18.5 Å². The summed E-state index contributed by atoms with van der Waals surface area (Å²) < 4.78 is 18.3. The van der Waals surface area contributed by atoms with Gasteiger partial charge in [-0.05, 0) is 18.1 Å². The summed E-state index contributed by atoms with van der Waals surface area (Å²) in [5.74, 6) is -0.388. The third kappa shape index (κ3) is 3.41. The van der Waals surface area contributed by atoms with E-state index in [4.69, 9.17) is 4.74 Å². The number of benzene rings is 1. The predicted molar refractivity (Wildman–Crippen MR) is 73.8 cm³/mol. The number of halogens is 1. The van der Waals surface area contributed by atoms with Crippen LogP contribution in [0, 0.1) is 15.9 Å². The number of anilines is 1. The maximum absolute atomic E-state index is 13.5. The molecule has 0 saturated carbocycles. The molecule has 0 saturated heterocycles. The standard InChI is InChI=1S/C13H13FN4O3/c1-21-13-11(18(19)20)12(16-8-17-13)15-7-6-9-4-2-3-5-10(9)14/h2-5,8H,6-7H2,1H3,(H,15,16,17). The number of nitro groups is 1. The first kappa shape index (κ1) is 14.6. The lowest BCUT2D eigenvalue weighted by Gasteiger charge is -2.08. The molecule has 110 valence electrons. The molecule has 1 N–H and O–H groups in total. The van der Waals surface area contributed by atoms with Crippen LogP contribution in [-0.2, 0) is 6.42 Å². The van der Waals surface area contributed by atoms with E-state index < -0.39 is 4.92 Å². The van der Waals surface area contributed by atoms with Crippen LogP contribution in [0.1, 0.15) is 5.56 Å². The van der Waals surface area contributed by atoms with Crippen LogP contribution in [-0.4, -0.2) is 28.5 Å². The van der Waals surface area contributed by atoms with Crippen LogP contribution in [0.3, 0.4) is 0 Å². The van der Waals surface area contributed by atoms with Crippen LogP contribution in [0.15, 0.2) is 30.6 Å². The summed E-state index contributed by atoms with van der Waals surface area (Å²) >= 11 is 0. The first-order valence-corrected chi connectivity index (χ1v) is 6.14. The first-order valence-electron chi connectivity index (χ1n) is 6.14. The highest BCUT2D eigenvalue weighted by molar-refractivity contribution is 5.61. The SMILES string of the molecule is COc1ncnc(NCCc2ccccc2F)c1[N+](=O)[O-]. The lowest BCUT2D eigenvalue weighted by Crippen LogP contribution is -2.10. The van der Waals surface area contributed by atoms with E-state index in [1.54, 1.807) is 18.2 Å². The molecule has 0 fully saturated rings. The zero-order valence-electron chi connectivity index (χ0n) is 11.2. The van der Waals surface area contributed by atoms with Crippen molar-refractivity contribution in [1.29, 1.82) is 0 Å². The average Bonchev–Trinajstić information content (AvgIpc) is 2.48. The number of aromatic nitrogens is 2. The Morgan fingerprint density at radius 3 is 2.81 bits per heavy atom. The molecule has 0 radical (unpaired) electrons. The van der Waals surface area contributed by atoms with Gasteiger partial charge in [0.2, 0.25) is 5.82 Å². The largest absolute Gasteiger partial charge is 0.476 e. The van der Waals surface area contributed by atoms with Crippen molar-refractivity contribution in [2.45, 2.75) is 6.42 Å². The highest BCUT2D eigenvalue weighted by Gasteiger charge is 2.23. The normalized spacial score (nSPS) is 10.2. The van der Waals surface area contributed by atoms with Crippen molar-refractivity contribution >= 4 is 11.5 Å². The molecule has 1 aromatic heterocycles. The number of methoxy groups -OCH3 is 1. The molecular formula is C13H13FN4O3. The molecule has 2 aromatic rings. The Balaban J connectivity index is 2.10. The highest BCUT2D eigenvalue weighted by atomic mass is 19.1. The summed E-state index contributed by atoms with van der Waals surface area (Å²) in [7, 11) is 1.29. The van der Waals surface area contributed by atoms with Gasteiger partial charge >= 0.3 is 5.69 Å². The topological polar surface area (TPSA) is 90.2 Å². The third-order valence-corrected chi connectivity index (χ3v) is 2.81. The van der Waals surface area contributed by atoms with E-state index in [-0.39, 0.29) is 23.2 Å². The molecular weight excluding hydrogens is 279 g/mol. The monoisotopic (exact) mass is 292 g/mol. The maximum atomic E-state index is 13.5. The molecule has 0 amide bonds. The summed E-state index contributed by atoms with van der Waals surface area (Å²) in [6.07, 6.45) is 1.54. The van der Waals surface area contributed by atoms with Crippen molar-refractivity contribution in [3.05, 3.63) is 52.1 Å². The summed E-state index contributed by atoms with van der Waals surface area (Å²) in [6, 6.07) is 6.36. The fourth-order valence-corrected chi connectivity index (χ4v) is 1.82. The number of nitrogens with zero attached hydrogens (tertiary/aromatic N) is 3. The van der Waals surface area contributed by atoms with Crippen molar-refractivity contribution in [3.8, 4) is 5.88 Å². The van der Waals surface area contributed by atoms with E-state index in [1.165, 1.54) is 13.2 Å². The molecule has 7 nitrogen and oxygen atoms in total. The van der Waals surface area contributed by atoms with Gasteiger partial charge in [0.05, 0.1) is 12.0 Å². The minimum atomic E-state index is -0.621. The van der Waals surface area contributed by atoms with E-state index >= 15 is 0 Å². The molecule has 1 heterocycles. The smallest absolute Gasteiger partial charge is 0.372 e. The highest BCUT2D eigenvalue weighted by Crippen LogP contribution is 2.30. The van der Waals surface area contributed by atoms with E-state index in [0.717, 1.165) is 6.33 Å². The van der Waals surface area contributed by atoms with Crippen molar-refractivity contribution in [2.75, 3.05) is 19.0 Å². The second kappa shape index (κ2) is 6.60. The zero-order chi connectivity index (χ0) is 15.2. The fraction of sp³-hybridized carbons (Fsp3) is 0.231. The summed E-state index contributed by atoms with van der Waals surface area (Å²) in [5.41, 5.74) is 0.183. The van der Waals surface area contributed by atoms with Crippen molar-refractivity contribution in [2.24, 2.45) is 0 Å². The molecule has 0 aliphatic rings. The lowest BCUT2D eigenvalue weighted by atomic mass is 10.1. The molecule has 0 bridgehead atoms. The van der Waals surface area contributed by atoms with Gasteiger partial charge in [-0.1, -0.05) is 18.2 Å². The molecule has 21 heavy (non-hydrogen) atoms. The lowest BCUT2D eigenvalue weighted by molar-refractivity contribution is -0.385. The molecule has 1 aromatic carbocycles. The Morgan fingerprint density at radius 1 is 1.38 bits per heavy atom. The molecule has 2 rings (SSSR count). The van der Waals surface area contributed by atoms with Gasteiger partial charge < -0.3 is 10.1 Å². The Labute approximate surface area is 120 Å². The second-order valence-electron chi connectivity index (χ2n) is 4.11. The van der Waals surface area contributed by atoms with Gasteiger partial charge in [-0.2, -0.15) is 4.98 Å². The molecule has 8 heteroatoms. The van der Waals surface area contributed by atoms with E-state index in [9.17, 15) is 14.5 Å². The van der Waals surface area contributed by atoms with Crippen LogP contribution >= 0.6 is 0 Å². The minimum Gasteiger partial charge on any atom is -0.476 e. The summed E-state index contributed by atoms with van der Waals surface area (Å²) in [4.78, 5) is 17.9. The molecule has 0 unspecified atom stereocenters. The molecule has 0 atom stereocenters. The fourth-order valence-electron chi connectivity index (χ4n) is 1.82. The maximum Gasteiger partial charge on any atom is 0.372 e. The number of ether oxygens (including phenoxy) is 1. The van der Waals surface area contributed by atoms with Crippen molar-refractivity contribution < 1.29 is 14.1 Å². The van der Waals surface area contributed by atoms with Crippen LogP contribution in [0.5, 0.6) is 5.88 Å². The average molecular weight is 292 g/mol. The van der Waals surface area contributed by atoms with Gasteiger partial charge in [0.1, 0.15) is 12.1 Å². The van der Waals surface area contributed by atoms with Crippen LogP contribution < -0.4 is 10.1 Å². The Bertz CT molecular complexity index is 651. The molecule has 0 spiro atoms. The van der Waals surface area contributed by atoms with Gasteiger partial charge in [-0.3, -0.25) is 10.1 Å². The van der Waals surface area contributed by atoms with Crippen LogP contribution in [0.2, 0.25) is 0 Å². The van der Waals surface area contributed by atoms with Crippen LogP contribution in [0.25, 0.3) is 0 Å². The third-order valence-electron chi connectivity index (χ3n) is 2.81. The number of nitrogens with one attached hydrogen (secondary N) is 1. The van der Waals surface area contributed by atoms with E-state index in [1.807, 2.05) is 0 Å².